The van der Waals surface area contributed by atoms with E-state index in [-0.39, 0.29) is 11.3 Å². The second kappa shape index (κ2) is 7.13. The minimum atomic E-state index is -1.08. The van der Waals surface area contributed by atoms with Gasteiger partial charge in [-0.1, -0.05) is 29.8 Å². The van der Waals surface area contributed by atoms with Gasteiger partial charge >= 0.3 is 6.03 Å². The van der Waals surface area contributed by atoms with Gasteiger partial charge in [0.1, 0.15) is 0 Å². The molecule has 1 unspecified atom stereocenters. The van der Waals surface area contributed by atoms with Crippen LogP contribution in [0.15, 0.2) is 53.7 Å². The number of benzene rings is 2. The lowest BCUT2D eigenvalue weighted by atomic mass is 9.94. The molecule has 8 heteroatoms. The molecule has 0 saturated heterocycles. The quantitative estimate of drug-likeness (QED) is 0.759. The highest BCUT2D eigenvalue weighted by Gasteiger charge is 2.32. The Hall–Kier alpha value is -2.93. The van der Waals surface area contributed by atoms with Crippen molar-refractivity contribution in [3.05, 3.63) is 76.0 Å². The van der Waals surface area contributed by atoms with Crippen molar-refractivity contribution in [1.82, 2.24) is 10.6 Å². The van der Waals surface area contributed by atoms with Crippen molar-refractivity contribution in [1.29, 1.82) is 0 Å². The summed E-state index contributed by atoms with van der Waals surface area (Å²) < 4.78 is 26.4. The van der Waals surface area contributed by atoms with Gasteiger partial charge in [-0.2, -0.15) is 0 Å². The average Bonchev–Trinajstić information content (AvgIpc) is 2.57. The Bertz CT molecular complexity index is 930. The molecule has 0 radical (unpaired) electrons. The van der Waals surface area contributed by atoms with Crippen molar-refractivity contribution in [2.75, 3.05) is 5.32 Å². The monoisotopic (exact) mass is 377 g/mol. The zero-order valence-corrected chi connectivity index (χ0v) is 14.3. The third-order valence-electron chi connectivity index (χ3n) is 3.91. The highest BCUT2D eigenvalue weighted by atomic mass is 35.5. The summed E-state index contributed by atoms with van der Waals surface area (Å²) in [5.41, 5.74) is 1.17. The molecule has 0 fully saturated rings. The Labute approximate surface area is 153 Å². The summed E-state index contributed by atoms with van der Waals surface area (Å²) in [6.45, 7) is 1.57. The Balaban J connectivity index is 1.97. The normalized spacial score (nSPS) is 16.8. The Morgan fingerprint density at radius 2 is 1.88 bits per heavy atom. The summed E-state index contributed by atoms with van der Waals surface area (Å²) in [5, 5.41) is 8.07. The van der Waals surface area contributed by atoms with Crippen LogP contribution in [0.4, 0.5) is 19.3 Å². The second-order valence-electron chi connectivity index (χ2n) is 5.67. The Morgan fingerprint density at radius 1 is 1.15 bits per heavy atom. The molecule has 1 heterocycles. The number of amides is 3. The van der Waals surface area contributed by atoms with E-state index < -0.39 is 29.6 Å². The Morgan fingerprint density at radius 3 is 2.58 bits per heavy atom. The molecule has 134 valence electrons. The molecule has 0 saturated carbocycles. The van der Waals surface area contributed by atoms with Crippen molar-refractivity contribution in [3.8, 4) is 0 Å². The van der Waals surface area contributed by atoms with Crippen LogP contribution in [-0.2, 0) is 4.79 Å². The van der Waals surface area contributed by atoms with E-state index in [1.165, 1.54) is 6.07 Å². The third-order valence-corrected chi connectivity index (χ3v) is 4.25. The maximum atomic E-state index is 13.4. The molecule has 3 rings (SSSR count). The lowest BCUT2D eigenvalue weighted by Gasteiger charge is -2.29. The van der Waals surface area contributed by atoms with E-state index in [9.17, 15) is 18.4 Å². The highest BCUT2D eigenvalue weighted by Crippen LogP contribution is 2.32. The van der Waals surface area contributed by atoms with Crippen molar-refractivity contribution < 1.29 is 18.4 Å². The van der Waals surface area contributed by atoms with Crippen molar-refractivity contribution >= 4 is 29.2 Å². The van der Waals surface area contributed by atoms with Gasteiger partial charge in [0.2, 0.25) is 0 Å². The van der Waals surface area contributed by atoms with E-state index in [1.54, 1.807) is 31.2 Å². The molecule has 2 aromatic rings. The topological polar surface area (TPSA) is 70.2 Å². The number of carbonyl (C=O) groups excluding carboxylic acids is 2. The minimum Gasteiger partial charge on any atom is -0.327 e. The molecule has 1 atom stereocenters. The van der Waals surface area contributed by atoms with Gasteiger partial charge in [-0.3, -0.25) is 4.79 Å². The molecular formula is C18H14ClF2N3O2. The summed E-state index contributed by atoms with van der Waals surface area (Å²) >= 11 is 6.20. The van der Waals surface area contributed by atoms with Crippen LogP contribution in [-0.4, -0.2) is 11.9 Å². The lowest BCUT2D eigenvalue weighted by Crippen LogP contribution is -2.46. The fourth-order valence-corrected chi connectivity index (χ4v) is 2.95. The van der Waals surface area contributed by atoms with Crippen LogP contribution in [0.3, 0.4) is 0 Å². The predicted octanol–water partition coefficient (Wildman–Crippen LogP) is 3.88. The summed E-state index contributed by atoms with van der Waals surface area (Å²) in [6.07, 6.45) is 0. The molecule has 2 aromatic carbocycles. The zero-order chi connectivity index (χ0) is 18.8. The van der Waals surface area contributed by atoms with E-state index in [2.05, 4.69) is 16.0 Å². The molecule has 3 N–H and O–H groups in total. The summed E-state index contributed by atoms with van der Waals surface area (Å²) in [5.74, 6) is -2.67. The lowest BCUT2D eigenvalue weighted by molar-refractivity contribution is -0.113. The predicted molar refractivity (Wildman–Crippen MR) is 93.5 cm³/mol. The fraction of sp³-hybridized carbons (Fsp3) is 0.111. The van der Waals surface area contributed by atoms with Crippen molar-refractivity contribution in [2.45, 2.75) is 13.0 Å². The summed E-state index contributed by atoms with van der Waals surface area (Å²) in [6, 6.07) is 8.57. The molecular weight excluding hydrogens is 364 g/mol. The summed E-state index contributed by atoms with van der Waals surface area (Å²) in [7, 11) is 0. The van der Waals surface area contributed by atoms with E-state index in [0.29, 0.717) is 16.3 Å². The first-order valence-electron chi connectivity index (χ1n) is 7.66. The fourth-order valence-electron chi connectivity index (χ4n) is 2.71. The molecule has 0 aliphatic carbocycles. The first-order chi connectivity index (χ1) is 12.4. The number of anilines is 1. The van der Waals surface area contributed by atoms with Crippen molar-refractivity contribution in [2.24, 2.45) is 0 Å². The van der Waals surface area contributed by atoms with Gasteiger partial charge in [0, 0.05) is 22.5 Å². The average molecular weight is 378 g/mol. The maximum absolute atomic E-state index is 13.4. The zero-order valence-electron chi connectivity index (χ0n) is 13.6. The van der Waals surface area contributed by atoms with Crippen LogP contribution in [0.5, 0.6) is 0 Å². The number of allylic oxidation sites excluding steroid dienone is 1. The van der Waals surface area contributed by atoms with E-state index >= 15 is 0 Å². The van der Waals surface area contributed by atoms with Gasteiger partial charge in [0.25, 0.3) is 5.91 Å². The first kappa shape index (κ1) is 17.9. The molecule has 0 aromatic heterocycles. The first-order valence-corrected chi connectivity index (χ1v) is 8.03. The van der Waals surface area contributed by atoms with Crippen LogP contribution < -0.4 is 16.0 Å². The molecule has 5 nitrogen and oxygen atoms in total. The van der Waals surface area contributed by atoms with E-state index in [4.69, 9.17) is 11.6 Å². The Kier molecular flexibility index (Phi) is 4.90. The van der Waals surface area contributed by atoms with Gasteiger partial charge in [-0.15, -0.1) is 0 Å². The van der Waals surface area contributed by atoms with Gasteiger partial charge in [0.05, 0.1) is 11.6 Å². The van der Waals surface area contributed by atoms with Crippen LogP contribution in [0, 0.1) is 11.6 Å². The smallest absolute Gasteiger partial charge is 0.319 e. The minimum absolute atomic E-state index is 0.0870. The molecule has 3 amide bonds. The second-order valence-corrected chi connectivity index (χ2v) is 6.08. The van der Waals surface area contributed by atoms with Crippen LogP contribution >= 0.6 is 11.6 Å². The van der Waals surface area contributed by atoms with Gasteiger partial charge in [0.15, 0.2) is 11.6 Å². The molecule has 26 heavy (non-hydrogen) atoms. The van der Waals surface area contributed by atoms with Crippen molar-refractivity contribution in [3.63, 3.8) is 0 Å². The van der Waals surface area contributed by atoms with Gasteiger partial charge in [-0.25, -0.2) is 13.6 Å². The molecule has 1 aliphatic heterocycles. The molecule has 0 bridgehead atoms. The SMILES string of the molecule is CC1=C(C(=O)Nc2ccc(F)c(F)c2)C(c2ccccc2Cl)NC(=O)N1. The molecule has 0 spiro atoms. The number of nitrogens with one attached hydrogen (secondary N) is 3. The third kappa shape index (κ3) is 3.52. The van der Waals surface area contributed by atoms with Crippen LogP contribution in [0.1, 0.15) is 18.5 Å². The van der Waals surface area contributed by atoms with E-state index in [1.807, 2.05) is 0 Å². The largest absolute Gasteiger partial charge is 0.327 e. The standard InChI is InChI=1S/C18H14ClF2N3O2/c1-9-15(17(25)23-10-6-7-13(20)14(21)8-10)16(24-18(26)22-9)11-4-2-3-5-12(11)19/h2-8,16H,1H3,(H,23,25)(H2,22,24,26). The number of carbonyl (C=O) groups is 2. The number of urea groups is 1. The molecule has 1 aliphatic rings. The highest BCUT2D eigenvalue weighted by molar-refractivity contribution is 6.31. The number of halogens is 3. The number of rotatable bonds is 3. The number of hydrogen-bond acceptors (Lipinski definition) is 2. The maximum Gasteiger partial charge on any atom is 0.319 e. The number of hydrogen-bond donors (Lipinski definition) is 3. The van der Waals surface area contributed by atoms with Crippen LogP contribution in [0.2, 0.25) is 5.02 Å². The van der Waals surface area contributed by atoms with E-state index in [0.717, 1.165) is 12.1 Å². The summed E-state index contributed by atoms with van der Waals surface area (Å²) in [4.78, 5) is 24.6. The van der Waals surface area contributed by atoms with Crippen LogP contribution in [0.25, 0.3) is 0 Å². The van der Waals surface area contributed by atoms with Gasteiger partial charge in [-0.05, 0) is 30.7 Å². The van der Waals surface area contributed by atoms with Gasteiger partial charge < -0.3 is 16.0 Å².